The molecule has 2 aromatic carbocycles. The van der Waals surface area contributed by atoms with E-state index in [1.165, 1.54) is 6.07 Å². The van der Waals surface area contributed by atoms with Crippen LogP contribution in [0.25, 0.3) is 10.9 Å². The highest BCUT2D eigenvalue weighted by Crippen LogP contribution is 2.18. The molecule has 3 rings (SSSR count). The molecule has 0 spiro atoms. The molecule has 0 atom stereocenters. The van der Waals surface area contributed by atoms with Crippen LogP contribution in [0.15, 0.2) is 48.5 Å². The van der Waals surface area contributed by atoms with Gasteiger partial charge in [0.05, 0.1) is 5.52 Å². The molecule has 0 unspecified atom stereocenters. The van der Waals surface area contributed by atoms with Gasteiger partial charge in [-0.25, -0.2) is 8.78 Å². The zero-order chi connectivity index (χ0) is 15.0. The van der Waals surface area contributed by atoms with Crippen LogP contribution in [0, 0.1) is 18.6 Å². The summed E-state index contributed by atoms with van der Waals surface area (Å²) in [6.45, 7) is 1.89. The monoisotopic (exact) mass is 283 g/mol. The first-order chi connectivity index (χ1) is 10.0. The Morgan fingerprint density at radius 3 is 2.38 bits per heavy atom. The average Bonchev–Trinajstić information content (AvgIpc) is 2.49. The number of aromatic nitrogens is 1. The number of hydrogen-bond acceptors (Lipinski definition) is 2. The molecule has 21 heavy (non-hydrogen) atoms. The number of aryl methyl sites for hydroxylation is 1. The first-order valence-corrected chi connectivity index (χ1v) is 6.42. The molecule has 0 saturated carbocycles. The SMILES string of the molecule is Cc1ccc2cc(C(=O)c3ccc(F)c(F)c3)ccc2n1. The Labute approximate surface area is 120 Å². The van der Waals surface area contributed by atoms with Gasteiger partial charge in [0.25, 0.3) is 0 Å². The minimum Gasteiger partial charge on any atom is -0.289 e. The molecule has 0 amide bonds. The minimum atomic E-state index is -1.03. The van der Waals surface area contributed by atoms with Crippen molar-refractivity contribution in [3.63, 3.8) is 0 Å². The van der Waals surface area contributed by atoms with Crippen LogP contribution in [0.3, 0.4) is 0 Å². The van der Waals surface area contributed by atoms with Crippen LogP contribution in [-0.4, -0.2) is 10.8 Å². The first-order valence-electron chi connectivity index (χ1n) is 6.42. The third kappa shape index (κ3) is 2.52. The summed E-state index contributed by atoms with van der Waals surface area (Å²) in [7, 11) is 0. The number of benzene rings is 2. The summed E-state index contributed by atoms with van der Waals surface area (Å²) >= 11 is 0. The number of ketones is 1. The Hall–Kier alpha value is -2.62. The molecule has 0 aliphatic rings. The second-order valence-corrected chi connectivity index (χ2v) is 4.82. The van der Waals surface area contributed by atoms with Crippen molar-refractivity contribution in [2.75, 3.05) is 0 Å². The van der Waals surface area contributed by atoms with Crippen molar-refractivity contribution in [1.29, 1.82) is 0 Å². The van der Waals surface area contributed by atoms with Crippen molar-refractivity contribution in [1.82, 2.24) is 4.98 Å². The first kappa shape index (κ1) is 13.4. The smallest absolute Gasteiger partial charge is 0.193 e. The van der Waals surface area contributed by atoms with Crippen LogP contribution in [-0.2, 0) is 0 Å². The summed E-state index contributed by atoms with van der Waals surface area (Å²) in [4.78, 5) is 16.7. The van der Waals surface area contributed by atoms with E-state index in [1.54, 1.807) is 18.2 Å². The summed E-state index contributed by atoms with van der Waals surface area (Å²) in [5, 5.41) is 0.828. The van der Waals surface area contributed by atoms with Crippen molar-refractivity contribution in [3.8, 4) is 0 Å². The molecule has 104 valence electrons. The molecule has 4 heteroatoms. The number of carbonyl (C=O) groups is 1. The molecular formula is C17H11F2NO. The van der Waals surface area contributed by atoms with Gasteiger partial charge in [-0.3, -0.25) is 9.78 Å². The number of pyridine rings is 1. The zero-order valence-corrected chi connectivity index (χ0v) is 11.2. The van der Waals surface area contributed by atoms with Gasteiger partial charge in [0.15, 0.2) is 17.4 Å². The van der Waals surface area contributed by atoms with E-state index < -0.39 is 11.6 Å². The van der Waals surface area contributed by atoms with E-state index in [4.69, 9.17) is 0 Å². The van der Waals surface area contributed by atoms with Crippen LogP contribution < -0.4 is 0 Å². The zero-order valence-electron chi connectivity index (χ0n) is 11.2. The van der Waals surface area contributed by atoms with Crippen molar-refractivity contribution in [2.45, 2.75) is 6.92 Å². The number of hydrogen-bond donors (Lipinski definition) is 0. The van der Waals surface area contributed by atoms with Gasteiger partial charge in [0.1, 0.15) is 0 Å². The number of nitrogens with zero attached hydrogens (tertiary/aromatic N) is 1. The Bertz CT molecular complexity index is 859. The van der Waals surface area contributed by atoms with Gasteiger partial charge in [-0.05, 0) is 49.4 Å². The van der Waals surface area contributed by atoms with Gasteiger partial charge in [0.2, 0.25) is 0 Å². The van der Waals surface area contributed by atoms with E-state index in [1.807, 2.05) is 19.1 Å². The van der Waals surface area contributed by atoms with E-state index in [2.05, 4.69) is 4.98 Å². The number of halogens is 2. The van der Waals surface area contributed by atoms with Gasteiger partial charge in [-0.1, -0.05) is 6.07 Å². The van der Waals surface area contributed by atoms with Gasteiger partial charge in [0, 0.05) is 22.2 Å². The molecule has 0 aliphatic carbocycles. The number of carbonyl (C=O) groups excluding carboxylic acids is 1. The maximum atomic E-state index is 13.2. The molecule has 2 nitrogen and oxygen atoms in total. The van der Waals surface area contributed by atoms with E-state index in [9.17, 15) is 13.6 Å². The van der Waals surface area contributed by atoms with Crippen LogP contribution in [0.5, 0.6) is 0 Å². The number of rotatable bonds is 2. The second-order valence-electron chi connectivity index (χ2n) is 4.82. The van der Waals surface area contributed by atoms with Crippen LogP contribution in [0.1, 0.15) is 21.6 Å². The highest BCUT2D eigenvalue weighted by molar-refractivity contribution is 6.10. The average molecular weight is 283 g/mol. The van der Waals surface area contributed by atoms with Gasteiger partial charge < -0.3 is 0 Å². The quantitative estimate of drug-likeness (QED) is 0.664. The Morgan fingerprint density at radius 2 is 1.62 bits per heavy atom. The summed E-state index contributed by atoms with van der Waals surface area (Å²) in [5.41, 5.74) is 2.21. The maximum Gasteiger partial charge on any atom is 0.193 e. The standard InChI is InChI=1S/C17H11F2NO/c1-10-2-3-11-8-12(5-7-16(11)20-10)17(21)13-4-6-14(18)15(19)9-13/h2-9H,1H3. The van der Waals surface area contributed by atoms with E-state index >= 15 is 0 Å². The van der Waals surface area contributed by atoms with Crippen molar-refractivity contribution < 1.29 is 13.6 Å². The van der Waals surface area contributed by atoms with Gasteiger partial charge in [-0.2, -0.15) is 0 Å². The predicted molar refractivity (Wildman–Crippen MR) is 76.3 cm³/mol. The third-order valence-electron chi connectivity index (χ3n) is 3.27. The summed E-state index contributed by atoms with van der Waals surface area (Å²) in [6, 6.07) is 12.0. The predicted octanol–water partition coefficient (Wildman–Crippen LogP) is 4.05. The summed E-state index contributed by atoms with van der Waals surface area (Å²) < 4.78 is 26.1. The van der Waals surface area contributed by atoms with E-state index in [-0.39, 0.29) is 11.3 Å². The molecule has 1 aromatic heterocycles. The fourth-order valence-corrected chi connectivity index (χ4v) is 2.17. The summed E-state index contributed by atoms with van der Waals surface area (Å²) in [5.74, 6) is -2.35. The Morgan fingerprint density at radius 1 is 0.905 bits per heavy atom. The van der Waals surface area contributed by atoms with Gasteiger partial charge in [-0.15, -0.1) is 0 Å². The number of fused-ring (bicyclic) bond motifs is 1. The molecular weight excluding hydrogens is 272 g/mol. The lowest BCUT2D eigenvalue weighted by Crippen LogP contribution is -2.02. The molecule has 0 saturated heterocycles. The minimum absolute atomic E-state index is 0.119. The molecule has 0 N–H and O–H groups in total. The van der Waals surface area contributed by atoms with Crippen molar-refractivity contribution in [2.24, 2.45) is 0 Å². The van der Waals surface area contributed by atoms with Gasteiger partial charge >= 0.3 is 0 Å². The topological polar surface area (TPSA) is 30.0 Å². The molecule has 3 aromatic rings. The molecule has 1 heterocycles. The third-order valence-corrected chi connectivity index (χ3v) is 3.27. The maximum absolute atomic E-state index is 13.2. The fraction of sp³-hybridized carbons (Fsp3) is 0.0588. The summed E-state index contributed by atoms with van der Waals surface area (Å²) in [6.07, 6.45) is 0. The van der Waals surface area contributed by atoms with Crippen molar-refractivity contribution in [3.05, 3.63) is 77.0 Å². The molecule has 0 radical (unpaired) electrons. The van der Waals surface area contributed by atoms with E-state index in [0.717, 1.165) is 28.7 Å². The van der Waals surface area contributed by atoms with Crippen LogP contribution in [0.4, 0.5) is 8.78 Å². The molecule has 0 aliphatic heterocycles. The van der Waals surface area contributed by atoms with Crippen molar-refractivity contribution >= 4 is 16.7 Å². The normalized spacial score (nSPS) is 10.8. The lowest BCUT2D eigenvalue weighted by Gasteiger charge is -2.04. The highest BCUT2D eigenvalue weighted by atomic mass is 19.2. The largest absolute Gasteiger partial charge is 0.289 e. The second kappa shape index (κ2) is 5.05. The Kier molecular flexibility index (Phi) is 3.22. The lowest BCUT2D eigenvalue weighted by atomic mass is 10.0. The Balaban J connectivity index is 2.04. The van der Waals surface area contributed by atoms with Crippen LogP contribution in [0.2, 0.25) is 0 Å². The van der Waals surface area contributed by atoms with Crippen LogP contribution >= 0.6 is 0 Å². The van der Waals surface area contributed by atoms with E-state index in [0.29, 0.717) is 5.56 Å². The fourth-order valence-electron chi connectivity index (χ4n) is 2.17. The molecule has 0 bridgehead atoms. The highest BCUT2D eigenvalue weighted by Gasteiger charge is 2.12. The lowest BCUT2D eigenvalue weighted by molar-refractivity contribution is 0.103. The molecule has 0 fully saturated rings.